The lowest BCUT2D eigenvalue weighted by Gasteiger charge is -2.34. The van der Waals surface area contributed by atoms with Crippen LogP contribution >= 0.6 is 0 Å². The number of carboxylic acid groups (broad SMARTS) is 1. The summed E-state index contributed by atoms with van der Waals surface area (Å²) in [5.74, 6) is -1.24. The molecule has 0 saturated carbocycles. The number of nitrogens with zero attached hydrogens (tertiary/aromatic N) is 1. The molecule has 3 amide bonds. The number of amides is 3. The second kappa shape index (κ2) is 6.11. The van der Waals surface area contributed by atoms with Crippen LogP contribution in [0.4, 0.5) is 4.79 Å². The van der Waals surface area contributed by atoms with Gasteiger partial charge in [-0.2, -0.15) is 0 Å². The molecule has 0 aliphatic carbocycles. The van der Waals surface area contributed by atoms with Crippen LogP contribution in [0.3, 0.4) is 0 Å². The fourth-order valence-electron chi connectivity index (χ4n) is 1.72. The average Bonchev–Trinajstić information content (AvgIpc) is 2.33. The predicted octanol–water partition coefficient (Wildman–Crippen LogP) is 0.263. The first-order valence-corrected chi connectivity index (χ1v) is 6.67. The highest BCUT2D eigenvalue weighted by Crippen LogP contribution is 2.24. The van der Waals surface area contributed by atoms with Crippen molar-refractivity contribution >= 4 is 17.9 Å². The van der Waals surface area contributed by atoms with Crippen LogP contribution in [-0.2, 0) is 9.59 Å². The molecular formula is C13H23N3O4. The summed E-state index contributed by atoms with van der Waals surface area (Å²) in [4.78, 5) is 35.5. The van der Waals surface area contributed by atoms with Gasteiger partial charge in [0.25, 0.3) is 0 Å². The second-order valence-electron chi connectivity index (χ2n) is 6.24. The first-order valence-electron chi connectivity index (χ1n) is 6.67. The van der Waals surface area contributed by atoms with Crippen molar-refractivity contribution < 1.29 is 19.5 Å². The number of carbonyl (C=O) groups excluding carboxylic acids is 2. The van der Waals surface area contributed by atoms with E-state index in [1.165, 1.54) is 0 Å². The van der Waals surface area contributed by atoms with E-state index in [1.807, 2.05) is 6.92 Å². The molecule has 0 radical (unpaired) electrons. The van der Waals surface area contributed by atoms with Crippen LogP contribution in [-0.4, -0.2) is 53.6 Å². The largest absolute Gasteiger partial charge is 0.480 e. The van der Waals surface area contributed by atoms with Crippen LogP contribution in [0, 0.1) is 11.3 Å². The molecule has 1 fully saturated rings. The van der Waals surface area contributed by atoms with E-state index in [2.05, 4.69) is 31.4 Å². The molecule has 1 heterocycles. The maximum absolute atomic E-state index is 12.1. The number of nitrogens with one attached hydrogen (secondary N) is 2. The van der Waals surface area contributed by atoms with E-state index in [0.717, 1.165) is 4.90 Å². The van der Waals surface area contributed by atoms with Crippen molar-refractivity contribution in [1.82, 2.24) is 15.5 Å². The van der Waals surface area contributed by atoms with Crippen LogP contribution in [0.15, 0.2) is 0 Å². The Balaban J connectivity index is 2.64. The van der Waals surface area contributed by atoms with Gasteiger partial charge in [-0.15, -0.1) is 0 Å². The lowest BCUT2D eigenvalue weighted by molar-refractivity contribution is -0.144. The van der Waals surface area contributed by atoms with Gasteiger partial charge >= 0.3 is 12.0 Å². The van der Waals surface area contributed by atoms with Crippen molar-refractivity contribution in [1.29, 1.82) is 0 Å². The minimum Gasteiger partial charge on any atom is -0.480 e. The van der Waals surface area contributed by atoms with E-state index in [9.17, 15) is 14.4 Å². The summed E-state index contributed by atoms with van der Waals surface area (Å²) in [6.45, 7) is 8.36. The van der Waals surface area contributed by atoms with Crippen LogP contribution in [0.2, 0.25) is 0 Å². The maximum Gasteiger partial charge on any atom is 0.328 e. The van der Waals surface area contributed by atoms with Gasteiger partial charge in [-0.05, 0) is 11.3 Å². The fraction of sp³-hybridized carbons (Fsp3) is 0.769. The van der Waals surface area contributed by atoms with Gasteiger partial charge < -0.3 is 15.7 Å². The van der Waals surface area contributed by atoms with Gasteiger partial charge in [0.1, 0.15) is 12.6 Å². The minimum atomic E-state index is -1.12. The van der Waals surface area contributed by atoms with Gasteiger partial charge in [-0.3, -0.25) is 9.69 Å². The zero-order chi connectivity index (χ0) is 15.5. The van der Waals surface area contributed by atoms with Gasteiger partial charge in [-0.1, -0.05) is 27.7 Å². The van der Waals surface area contributed by atoms with Crippen LogP contribution in [0.1, 0.15) is 27.7 Å². The first-order chi connectivity index (χ1) is 9.12. The summed E-state index contributed by atoms with van der Waals surface area (Å²) in [5.41, 5.74) is 0.0404. The Kier molecular flexibility index (Phi) is 4.97. The highest BCUT2D eigenvalue weighted by molar-refractivity contribution is 5.90. The molecule has 0 aromatic heterocycles. The van der Waals surface area contributed by atoms with Crippen LogP contribution in [0.25, 0.3) is 0 Å². The molecule has 0 spiro atoms. The molecule has 0 bridgehead atoms. The molecule has 2 unspecified atom stereocenters. The molecule has 1 rings (SSSR count). The van der Waals surface area contributed by atoms with Gasteiger partial charge in [0, 0.05) is 13.1 Å². The third kappa shape index (κ3) is 4.11. The normalized spacial score (nSPS) is 21.1. The van der Waals surface area contributed by atoms with E-state index in [0.29, 0.717) is 6.54 Å². The molecule has 114 valence electrons. The lowest BCUT2D eigenvalue weighted by Crippen LogP contribution is -2.61. The van der Waals surface area contributed by atoms with Gasteiger partial charge in [0.2, 0.25) is 5.91 Å². The molecule has 20 heavy (non-hydrogen) atoms. The summed E-state index contributed by atoms with van der Waals surface area (Å²) in [5, 5.41) is 14.2. The number of hydrogen-bond acceptors (Lipinski definition) is 3. The van der Waals surface area contributed by atoms with E-state index < -0.39 is 18.0 Å². The Bertz CT molecular complexity index is 403. The molecule has 2 atom stereocenters. The number of piperazine rings is 1. The van der Waals surface area contributed by atoms with Crippen molar-refractivity contribution in [3.05, 3.63) is 0 Å². The summed E-state index contributed by atoms with van der Waals surface area (Å²) in [6.07, 6.45) is 0. The fourth-order valence-corrected chi connectivity index (χ4v) is 1.72. The number of hydrogen-bond donors (Lipinski definition) is 3. The Hall–Kier alpha value is -1.79. The van der Waals surface area contributed by atoms with Gasteiger partial charge in [-0.25, -0.2) is 9.59 Å². The Morgan fingerprint density at radius 1 is 1.50 bits per heavy atom. The molecule has 0 aromatic rings. The van der Waals surface area contributed by atoms with Crippen molar-refractivity contribution in [2.45, 2.75) is 33.7 Å². The molecule has 7 heteroatoms. The maximum atomic E-state index is 12.1. The zero-order valence-electron chi connectivity index (χ0n) is 12.4. The van der Waals surface area contributed by atoms with E-state index >= 15 is 0 Å². The van der Waals surface area contributed by atoms with E-state index in [-0.39, 0.29) is 30.3 Å². The topological polar surface area (TPSA) is 98.7 Å². The predicted molar refractivity (Wildman–Crippen MR) is 73.2 cm³/mol. The molecule has 1 saturated heterocycles. The molecule has 7 nitrogen and oxygen atoms in total. The quantitative estimate of drug-likeness (QED) is 0.693. The van der Waals surface area contributed by atoms with Crippen molar-refractivity contribution in [3.63, 3.8) is 0 Å². The Morgan fingerprint density at radius 3 is 2.60 bits per heavy atom. The second-order valence-corrected chi connectivity index (χ2v) is 6.24. The van der Waals surface area contributed by atoms with Crippen molar-refractivity contribution in [3.8, 4) is 0 Å². The molecule has 0 aromatic carbocycles. The molecule has 3 N–H and O–H groups in total. The summed E-state index contributed by atoms with van der Waals surface area (Å²) in [7, 11) is 0. The summed E-state index contributed by atoms with van der Waals surface area (Å²) in [6, 6.07) is -1.53. The van der Waals surface area contributed by atoms with Crippen LogP contribution in [0.5, 0.6) is 0 Å². The standard InChI is InChI=1S/C13H23N3O4/c1-8(13(2,3)4)5-15-12(20)16-7-10(17)14-6-9(16)11(18)19/h8-9H,5-7H2,1-4H3,(H,14,17)(H,15,20)(H,18,19). The van der Waals surface area contributed by atoms with Crippen molar-refractivity contribution in [2.24, 2.45) is 11.3 Å². The minimum absolute atomic E-state index is 0.0404. The summed E-state index contributed by atoms with van der Waals surface area (Å²) >= 11 is 0. The number of rotatable bonds is 3. The highest BCUT2D eigenvalue weighted by Gasteiger charge is 2.35. The SMILES string of the molecule is CC(CNC(=O)N1CC(=O)NCC1C(=O)O)C(C)(C)C. The Labute approximate surface area is 118 Å². The monoisotopic (exact) mass is 285 g/mol. The number of urea groups is 1. The smallest absolute Gasteiger partial charge is 0.328 e. The van der Waals surface area contributed by atoms with E-state index in [4.69, 9.17) is 5.11 Å². The third-order valence-corrected chi connectivity index (χ3v) is 3.77. The van der Waals surface area contributed by atoms with Gasteiger partial charge in [0.05, 0.1) is 0 Å². The highest BCUT2D eigenvalue weighted by atomic mass is 16.4. The molecule has 1 aliphatic rings. The lowest BCUT2D eigenvalue weighted by atomic mass is 9.82. The Morgan fingerprint density at radius 2 is 2.10 bits per heavy atom. The average molecular weight is 285 g/mol. The van der Waals surface area contributed by atoms with Crippen molar-refractivity contribution in [2.75, 3.05) is 19.6 Å². The van der Waals surface area contributed by atoms with E-state index in [1.54, 1.807) is 0 Å². The third-order valence-electron chi connectivity index (χ3n) is 3.77. The summed E-state index contributed by atoms with van der Waals surface area (Å²) < 4.78 is 0. The zero-order valence-corrected chi connectivity index (χ0v) is 12.4. The first kappa shape index (κ1) is 16.3. The van der Waals surface area contributed by atoms with Gasteiger partial charge in [0.15, 0.2) is 0 Å². The number of carboxylic acids is 1. The van der Waals surface area contributed by atoms with Crippen LogP contribution < -0.4 is 10.6 Å². The number of carbonyl (C=O) groups is 3. The molecular weight excluding hydrogens is 262 g/mol. The molecule has 1 aliphatic heterocycles. The number of aliphatic carboxylic acids is 1.